The van der Waals surface area contributed by atoms with Gasteiger partial charge in [0.1, 0.15) is 21.3 Å². The minimum atomic E-state index is -0.313. The Balaban J connectivity index is 1.82. The van der Waals surface area contributed by atoms with Gasteiger partial charge in [-0.1, -0.05) is 56.0 Å². The van der Waals surface area contributed by atoms with Gasteiger partial charge in [-0.15, -0.1) is 0 Å². The molecule has 1 aliphatic heterocycles. The number of aryl methyl sites for hydroxylation is 1. The number of thioether (sulfide) groups is 1. The Labute approximate surface area is 189 Å². The van der Waals surface area contributed by atoms with Gasteiger partial charge in [0.25, 0.3) is 11.5 Å². The molecule has 0 bridgehead atoms. The van der Waals surface area contributed by atoms with E-state index in [9.17, 15) is 9.59 Å². The highest BCUT2D eigenvalue weighted by Crippen LogP contribution is 2.34. The van der Waals surface area contributed by atoms with Gasteiger partial charge in [-0.25, -0.2) is 0 Å². The lowest BCUT2D eigenvalue weighted by Crippen LogP contribution is -2.28. The van der Waals surface area contributed by atoms with Gasteiger partial charge in [0.15, 0.2) is 0 Å². The summed E-state index contributed by atoms with van der Waals surface area (Å²) in [4.78, 5) is 32.5. The second-order valence-electron chi connectivity index (χ2n) is 7.00. The smallest absolute Gasteiger partial charge is 0.269 e. The van der Waals surface area contributed by atoms with Gasteiger partial charge in [-0.05, 0) is 48.7 Å². The maximum absolute atomic E-state index is 13.3. The number of ether oxygens (including phenoxy) is 1. The van der Waals surface area contributed by atoms with Gasteiger partial charge < -0.3 is 4.74 Å². The molecule has 1 aliphatic rings. The fourth-order valence-electron chi connectivity index (χ4n) is 3.24. The third-order valence-corrected chi connectivity index (χ3v) is 6.25. The van der Waals surface area contributed by atoms with Crippen molar-refractivity contribution in [3.8, 4) is 11.6 Å². The number of fused-ring (bicyclic) bond motifs is 1. The summed E-state index contributed by atoms with van der Waals surface area (Å²) in [5, 5.41) is 0. The van der Waals surface area contributed by atoms with Crippen LogP contribution >= 0.6 is 24.0 Å². The number of hydrogen-bond acceptors (Lipinski definition) is 6. The number of rotatable bonds is 6. The molecule has 0 unspecified atom stereocenters. The van der Waals surface area contributed by atoms with Gasteiger partial charge in [-0.3, -0.25) is 18.9 Å². The SMILES string of the molecule is CCCN1C(=O)/C(=C\c2c(Oc3ccc(CC)cc3)nc3ccccn3c2=O)SC1=S. The number of pyridine rings is 1. The van der Waals surface area contributed by atoms with Gasteiger partial charge in [0.2, 0.25) is 5.88 Å². The molecule has 4 rings (SSSR count). The average molecular weight is 452 g/mol. The van der Waals surface area contributed by atoms with E-state index in [1.165, 1.54) is 21.7 Å². The lowest BCUT2D eigenvalue weighted by atomic mass is 10.2. The predicted molar refractivity (Wildman–Crippen MR) is 128 cm³/mol. The maximum atomic E-state index is 13.3. The Morgan fingerprint density at radius 1 is 1.13 bits per heavy atom. The number of hydrogen-bond donors (Lipinski definition) is 0. The van der Waals surface area contributed by atoms with E-state index in [1.807, 2.05) is 31.2 Å². The van der Waals surface area contributed by atoms with Crippen molar-refractivity contribution in [2.45, 2.75) is 26.7 Å². The number of nitrogens with zero attached hydrogens (tertiary/aromatic N) is 3. The van der Waals surface area contributed by atoms with Crippen molar-refractivity contribution < 1.29 is 9.53 Å². The van der Waals surface area contributed by atoms with Crippen LogP contribution in [-0.2, 0) is 11.2 Å². The molecule has 0 aliphatic carbocycles. The normalized spacial score (nSPS) is 15.3. The first-order valence-corrected chi connectivity index (χ1v) is 11.3. The molecule has 3 heterocycles. The number of thiocarbonyl (C=S) groups is 1. The number of carbonyl (C=O) groups is 1. The summed E-state index contributed by atoms with van der Waals surface area (Å²) >= 11 is 6.53. The van der Waals surface area contributed by atoms with E-state index >= 15 is 0 Å². The van der Waals surface area contributed by atoms with Gasteiger partial charge in [0, 0.05) is 12.7 Å². The standard InChI is InChI=1S/C23H21N3O3S2/c1-3-12-26-22(28)18(31-23(26)30)14-17-20(29-16-10-8-15(4-2)9-11-16)24-19-7-5-6-13-25(19)21(17)27/h5-11,13-14H,3-4,12H2,1-2H3/b18-14+. The third-order valence-electron chi connectivity index (χ3n) is 4.88. The van der Waals surface area contributed by atoms with Crippen molar-refractivity contribution in [3.63, 3.8) is 0 Å². The molecule has 0 atom stereocenters. The third kappa shape index (κ3) is 4.26. The van der Waals surface area contributed by atoms with E-state index in [1.54, 1.807) is 35.4 Å². The molecule has 3 aromatic rings. The minimum absolute atomic E-state index is 0.154. The van der Waals surface area contributed by atoms with E-state index in [-0.39, 0.29) is 22.9 Å². The van der Waals surface area contributed by atoms with Crippen LogP contribution in [0.15, 0.2) is 58.4 Å². The topological polar surface area (TPSA) is 63.9 Å². The molecule has 6 nitrogen and oxygen atoms in total. The molecule has 8 heteroatoms. The van der Waals surface area contributed by atoms with Crippen LogP contribution in [0, 0.1) is 0 Å². The Hall–Kier alpha value is -2.97. The fraction of sp³-hybridized carbons (Fsp3) is 0.217. The minimum Gasteiger partial charge on any atom is -0.438 e. The second-order valence-corrected chi connectivity index (χ2v) is 8.67. The van der Waals surface area contributed by atoms with E-state index in [4.69, 9.17) is 17.0 Å². The van der Waals surface area contributed by atoms with Gasteiger partial charge in [0.05, 0.1) is 4.91 Å². The first-order valence-electron chi connectivity index (χ1n) is 10.1. The molecular formula is C23H21N3O3S2. The van der Waals surface area contributed by atoms with Crippen LogP contribution in [0.2, 0.25) is 0 Å². The summed E-state index contributed by atoms with van der Waals surface area (Å²) in [6, 6.07) is 12.9. The quantitative estimate of drug-likeness (QED) is 0.401. The highest BCUT2D eigenvalue weighted by Gasteiger charge is 2.32. The zero-order chi connectivity index (χ0) is 22.0. The molecule has 1 saturated heterocycles. The molecule has 31 heavy (non-hydrogen) atoms. The lowest BCUT2D eigenvalue weighted by molar-refractivity contribution is -0.122. The van der Waals surface area contributed by atoms with E-state index in [2.05, 4.69) is 11.9 Å². The largest absolute Gasteiger partial charge is 0.438 e. The van der Waals surface area contributed by atoms with Crippen LogP contribution in [0.4, 0.5) is 0 Å². The van der Waals surface area contributed by atoms with E-state index in [0.717, 1.165) is 12.8 Å². The van der Waals surface area contributed by atoms with Crippen molar-refractivity contribution >= 4 is 45.9 Å². The molecule has 0 radical (unpaired) electrons. The van der Waals surface area contributed by atoms with E-state index < -0.39 is 0 Å². The molecule has 2 aromatic heterocycles. The van der Waals surface area contributed by atoms with Gasteiger partial charge >= 0.3 is 0 Å². The highest BCUT2D eigenvalue weighted by atomic mass is 32.2. The molecule has 158 valence electrons. The van der Waals surface area contributed by atoms with Crippen LogP contribution < -0.4 is 10.3 Å². The van der Waals surface area contributed by atoms with Crippen molar-refractivity contribution in [1.82, 2.24) is 14.3 Å². The van der Waals surface area contributed by atoms with Crippen molar-refractivity contribution in [2.24, 2.45) is 0 Å². The number of aromatic nitrogens is 2. The number of benzene rings is 1. The number of amides is 1. The summed E-state index contributed by atoms with van der Waals surface area (Å²) in [6.45, 7) is 4.61. The Morgan fingerprint density at radius 2 is 1.90 bits per heavy atom. The predicted octanol–water partition coefficient (Wildman–Crippen LogP) is 4.66. The average Bonchev–Trinajstić information content (AvgIpc) is 3.04. The molecule has 1 aromatic carbocycles. The Kier molecular flexibility index (Phi) is 6.20. The molecule has 0 saturated carbocycles. The molecule has 0 N–H and O–H groups in total. The van der Waals surface area contributed by atoms with Gasteiger partial charge in [-0.2, -0.15) is 4.98 Å². The summed E-state index contributed by atoms with van der Waals surface area (Å²) in [6.07, 6.45) is 4.90. The summed E-state index contributed by atoms with van der Waals surface area (Å²) in [5.74, 6) is 0.520. The first kappa shape index (κ1) is 21.3. The van der Waals surface area contributed by atoms with E-state index in [0.29, 0.717) is 27.2 Å². The molecular weight excluding hydrogens is 430 g/mol. The highest BCUT2D eigenvalue weighted by molar-refractivity contribution is 8.26. The molecule has 1 amide bonds. The summed E-state index contributed by atoms with van der Waals surface area (Å²) < 4.78 is 7.94. The van der Waals surface area contributed by atoms with Crippen molar-refractivity contribution in [2.75, 3.05) is 6.54 Å². The maximum Gasteiger partial charge on any atom is 0.269 e. The van der Waals surface area contributed by atoms with Crippen LogP contribution in [0.3, 0.4) is 0 Å². The van der Waals surface area contributed by atoms with Crippen LogP contribution in [-0.4, -0.2) is 31.1 Å². The first-order chi connectivity index (χ1) is 15.0. The monoisotopic (exact) mass is 451 g/mol. The number of carbonyl (C=O) groups excluding carboxylic acids is 1. The zero-order valence-corrected chi connectivity index (χ0v) is 18.8. The Morgan fingerprint density at radius 3 is 2.61 bits per heavy atom. The fourth-order valence-corrected chi connectivity index (χ4v) is 4.53. The van der Waals surface area contributed by atoms with Crippen molar-refractivity contribution in [3.05, 3.63) is 75.0 Å². The van der Waals surface area contributed by atoms with Crippen LogP contribution in [0.25, 0.3) is 11.7 Å². The van der Waals surface area contributed by atoms with Crippen LogP contribution in [0.1, 0.15) is 31.4 Å². The molecule has 0 spiro atoms. The molecule has 1 fully saturated rings. The summed E-state index contributed by atoms with van der Waals surface area (Å²) in [5.41, 5.74) is 1.54. The van der Waals surface area contributed by atoms with Crippen LogP contribution in [0.5, 0.6) is 11.6 Å². The zero-order valence-electron chi connectivity index (χ0n) is 17.2. The van der Waals surface area contributed by atoms with Crippen molar-refractivity contribution in [1.29, 1.82) is 0 Å². The summed E-state index contributed by atoms with van der Waals surface area (Å²) in [7, 11) is 0. The Bertz CT molecular complexity index is 1250. The lowest BCUT2D eigenvalue weighted by Gasteiger charge is -2.12. The second kappa shape index (κ2) is 9.03.